The monoisotopic (exact) mass is 2250 g/mol. The zero-order chi connectivity index (χ0) is 115. The Morgan fingerprint density at radius 2 is 0.781 bits per heavy atom. The number of carbonyl (C=O) groups excluding carboxylic acids is 6. The number of benzene rings is 2. The second-order valence-electron chi connectivity index (χ2n) is 47.9. The topological polar surface area (TPSA) is 507 Å². The minimum atomic E-state index is -4.41. The summed E-state index contributed by atoms with van der Waals surface area (Å²) in [6, 6.07) is 16.7. The molecule has 3 aliphatic rings. The van der Waals surface area contributed by atoms with E-state index in [4.69, 9.17) is 61.1 Å². The van der Waals surface area contributed by atoms with Gasteiger partial charge in [0.25, 0.3) is 10.1 Å². The number of aliphatic carboxylic acids is 1. The Bertz CT molecular complexity index is 4820. The SMILES string of the molecule is C=C[C@@H](CO[Si](C)(C)C(C)(C)C)[C@@H](CO[Si](OC)(c1ccccc1)C(C)(C)C)NC(=O)OC(C)(C)C.CC(C)(C)OC(=O)N[C@@H]1CNS(=O)(=O)C[C@H]1C(=O)O.CC(C)(C)OC(=O)N[C@@H]1CNS(=O)(=O)C[C@H]1C=O.CC(C)(C)OC(=O)N[C@@H]1CNS(=O)(=O)C[C@H]1CO[Si](C)(C)C(C)(C)C.CCN(CC)CC.CO[Si](OC[C@@H](NC(=O)OC(C)(C)C)[C@H](CO[Si](C)(C)C(C)(C)C)CS(=O)(=O)O)(c1ccccc1)C(C)(C)C.[2H]CF. The number of nitrogens with zero attached hydrogens (tertiary/aromatic N) is 1. The molecule has 5 rings (SSSR count). The first-order chi connectivity index (χ1) is 66.1. The number of nitrogens with one attached hydrogen (secondary N) is 8. The molecule has 3 fully saturated rings. The van der Waals surface area contributed by atoms with E-state index < -0.39 is 212 Å². The lowest BCUT2D eigenvalue weighted by molar-refractivity contribution is -0.142. The van der Waals surface area contributed by atoms with Crippen LogP contribution >= 0.6 is 0 Å². The van der Waals surface area contributed by atoms with Gasteiger partial charge in [0.1, 0.15) is 34.3 Å². The molecule has 10 N–H and O–H groups in total. The lowest BCUT2D eigenvalue weighted by Crippen LogP contribution is -2.62. The van der Waals surface area contributed by atoms with Crippen molar-refractivity contribution in [2.24, 2.45) is 29.6 Å². The van der Waals surface area contributed by atoms with Gasteiger partial charge >= 0.3 is 53.6 Å². The van der Waals surface area contributed by atoms with Crippen molar-refractivity contribution >= 4 is 135 Å². The highest BCUT2D eigenvalue weighted by Gasteiger charge is 2.54. The van der Waals surface area contributed by atoms with Crippen LogP contribution in [-0.2, 0) is 104 Å². The summed E-state index contributed by atoms with van der Waals surface area (Å²) in [5.74, 6) is -6.11. The number of rotatable bonds is 34. The van der Waals surface area contributed by atoms with Gasteiger partial charge in [-0.2, -0.15) is 8.42 Å². The van der Waals surface area contributed by atoms with E-state index in [-0.39, 0.29) is 89.0 Å². The Morgan fingerprint density at radius 3 is 1.10 bits per heavy atom. The van der Waals surface area contributed by atoms with Crippen molar-refractivity contribution in [1.82, 2.24) is 45.7 Å². The largest absolute Gasteiger partial charge is 0.481 e. The van der Waals surface area contributed by atoms with Crippen LogP contribution in [0.1, 0.15) is 230 Å². The van der Waals surface area contributed by atoms with Crippen LogP contribution in [0.3, 0.4) is 0 Å². The van der Waals surface area contributed by atoms with E-state index in [2.05, 4.69) is 207 Å². The fourth-order valence-corrected chi connectivity index (χ4v) is 28.8. The molecule has 852 valence electrons. The van der Waals surface area contributed by atoms with Crippen molar-refractivity contribution in [3.8, 4) is 0 Å². The van der Waals surface area contributed by atoms with Crippen molar-refractivity contribution in [3.63, 3.8) is 0 Å². The predicted octanol–water partition coefficient (Wildman–Crippen LogP) is 15.3. The van der Waals surface area contributed by atoms with E-state index >= 15 is 0 Å². The van der Waals surface area contributed by atoms with Crippen LogP contribution in [0.2, 0.25) is 64.5 Å². The second-order valence-corrected chi connectivity index (χ2v) is 77.4. The molecule has 0 aliphatic carbocycles. The summed E-state index contributed by atoms with van der Waals surface area (Å²) in [7, 11) is -24.8. The first-order valence-corrected chi connectivity index (χ1v) is 68.2. The zero-order valence-electron chi connectivity index (χ0n) is 96.6. The number of carbonyl (C=O) groups is 7. The third kappa shape index (κ3) is 53.5. The Balaban J connectivity index is 0. The number of alkyl halides is 1. The van der Waals surface area contributed by atoms with Gasteiger partial charge in [0.2, 0.25) is 30.1 Å². The Kier molecular flexibility index (Phi) is 56.5. The maximum Gasteiger partial charge on any atom is 0.407 e. The Morgan fingerprint density at radius 1 is 0.473 bits per heavy atom. The van der Waals surface area contributed by atoms with E-state index in [1.165, 1.54) is 19.6 Å². The van der Waals surface area contributed by atoms with Crippen LogP contribution in [0.25, 0.3) is 0 Å². The maximum atomic E-state index is 12.9. The lowest BCUT2D eigenvalue weighted by atomic mass is 10.0. The number of hydrogen-bond acceptors (Lipinski definition) is 28. The van der Waals surface area contributed by atoms with E-state index in [9.17, 15) is 76.2 Å². The number of ether oxygens (including phenoxy) is 5. The number of hydrogen-bond donors (Lipinski definition) is 10. The molecule has 5 amide bonds. The molecule has 48 heteroatoms. The van der Waals surface area contributed by atoms with Gasteiger partial charge in [0.05, 0.1) is 86.8 Å². The summed E-state index contributed by atoms with van der Waals surface area (Å²) >= 11 is 0. The van der Waals surface area contributed by atoms with Gasteiger partial charge in [0, 0.05) is 81.5 Å². The van der Waals surface area contributed by atoms with Crippen LogP contribution < -0.4 is 51.1 Å². The normalized spacial score (nSPS) is 20.2. The molecule has 38 nitrogen and oxygen atoms in total. The average Bonchev–Trinajstić information content (AvgIpc) is 0.770. The van der Waals surface area contributed by atoms with E-state index in [0.717, 1.165) is 10.4 Å². The molecule has 0 spiro atoms. The first kappa shape index (κ1) is 140. The smallest absolute Gasteiger partial charge is 0.407 e. The van der Waals surface area contributed by atoms with Crippen LogP contribution in [0.15, 0.2) is 73.3 Å². The number of amides is 5. The fraction of sp³-hybridized carbons (Fsp3) is 0.786. The van der Waals surface area contributed by atoms with E-state index in [1.807, 2.05) is 96.1 Å². The maximum absolute atomic E-state index is 12.9. The summed E-state index contributed by atoms with van der Waals surface area (Å²) in [5.41, 5.74) is -3.35. The molecule has 146 heavy (non-hydrogen) atoms. The number of sulfonamides is 3. The zero-order valence-corrected chi connectivity index (χ0v) is 104. The van der Waals surface area contributed by atoms with Gasteiger partial charge in [0.15, 0.2) is 25.0 Å². The average molecular weight is 2250 g/mol. The molecular formula is C98H190FN9O29S4Si5. The molecule has 2 unspecified atom stereocenters. The highest BCUT2D eigenvalue weighted by molar-refractivity contribution is 7.90. The first-order valence-electron chi connectivity index (χ1n) is 50.0. The molecule has 3 saturated heterocycles. The summed E-state index contributed by atoms with van der Waals surface area (Å²) in [5, 5.41) is 23.8. The van der Waals surface area contributed by atoms with Gasteiger partial charge < -0.3 is 96.1 Å². The van der Waals surface area contributed by atoms with Gasteiger partial charge in [-0.25, -0.2) is 63.4 Å². The van der Waals surface area contributed by atoms with Gasteiger partial charge in [-0.1, -0.05) is 191 Å². The summed E-state index contributed by atoms with van der Waals surface area (Å²) in [6.45, 7) is 85.9. The Hall–Kier alpha value is -6.00. The molecule has 0 bridgehead atoms. The highest BCUT2D eigenvalue weighted by atomic mass is 32.2. The van der Waals surface area contributed by atoms with Crippen LogP contribution in [0.5, 0.6) is 0 Å². The number of carboxylic acid groups (broad SMARTS) is 1. The summed E-state index contributed by atoms with van der Waals surface area (Å²) in [4.78, 5) is 85.1. The van der Waals surface area contributed by atoms with Crippen LogP contribution in [-0.4, -0.2) is 308 Å². The van der Waals surface area contributed by atoms with Gasteiger partial charge in [-0.3, -0.25) is 13.7 Å². The summed E-state index contributed by atoms with van der Waals surface area (Å²) in [6.07, 6.45) is -0.810. The van der Waals surface area contributed by atoms with Crippen molar-refractivity contribution in [2.75, 3.05) is 117 Å². The second kappa shape index (κ2) is 58.9. The van der Waals surface area contributed by atoms with E-state index in [0.29, 0.717) is 19.5 Å². The van der Waals surface area contributed by atoms with Crippen molar-refractivity contribution in [1.29, 1.82) is 0 Å². The third-order valence-corrected chi connectivity index (χ3v) is 51.8. The number of halogens is 1. The predicted molar refractivity (Wildman–Crippen MR) is 588 cm³/mol. The molecular weight excluding hydrogens is 2050 g/mol. The number of aldehydes is 1. The number of carboxylic acids is 1. The standard InChI is InChI=1S/C28H51NO5Si2.C27H51NO8SSi2.C16H34N2O5SSi.C10H18N2O6S.C10H18N2O5S.C6H15N.CH3F/c1-14-22(20-32-35(12,13)27(5,6)7)24(29-25(30)34-26(2,3)4)21-33-36(31-11,28(8,9)10)23-18-16-15-17-19-23;1-25(2,3)36-24(29)28-23(21(20-37(30,31)32)18-34-38(11,12)26(4,5)6)19-35-39(33-10,27(7,8)9)22-16-14-13-15-17-22;1-15(2,3)23-14(19)18-13-9-17-24(20,21)11-12(13)10-22-25(7,8)16(4,5)6;1-10(2,3)18-9(15)12-7-4-11-19(16,17)5-6(7)8(13)14;1-10(2,3)17-9(14)12-8-4-11-18(15,16)6-7(8)5-13;1-4-7(5-2)6-3;1-2/h14-19,22,24H,1,20-21H2,2-13H3,(H,29,30);13-17,21,23H,18-20H2,1-12H3,(H,28,29)(H,30,31,32);12-13,17H,9-11H2,1-8H3,(H,18,19);6-7,11H,4-5H2,1-3H3,(H,12,15)(H,13,14);5,7-8,11H,4,6H2,1-3H3,(H,12,14);4-6H2,1-3H3;1H3/t22-,24+,36?;21-,23-,39?;12-,13-;6-,7-;7-,8-;;/m01111../s1/i;;;;;;1D. The fourth-order valence-electron chi connectivity index (χ4n) is 13.6. The van der Waals surface area contributed by atoms with E-state index in [1.54, 1.807) is 97.3 Å². The summed E-state index contributed by atoms with van der Waals surface area (Å²) < 4.78 is 197. The van der Waals surface area contributed by atoms with Gasteiger partial charge in [-0.15, -0.1) is 6.58 Å². The van der Waals surface area contributed by atoms with Crippen molar-refractivity contribution < 1.29 is 137 Å². The highest BCUT2D eigenvalue weighted by Crippen LogP contribution is 2.43. The minimum Gasteiger partial charge on any atom is -0.481 e. The number of alkyl carbamates (subject to hydrolysis) is 5. The van der Waals surface area contributed by atoms with Crippen molar-refractivity contribution in [2.45, 2.75) is 351 Å². The Labute approximate surface area is 883 Å². The minimum absolute atomic E-state index is 0.00248. The lowest BCUT2D eigenvalue weighted by Gasteiger charge is -2.42. The quantitative estimate of drug-likeness (QED) is 0.0102. The van der Waals surface area contributed by atoms with Gasteiger partial charge in [-0.05, 0) is 188 Å². The van der Waals surface area contributed by atoms with Crippen molar-refractivity contribution in [3.05, 3.63) is 73.3 Å². The van der Waals surface area contributed by atoms with Crippen LogP contribution in [0.4, 0.5) is 28.4 Å². The molecule has 2 aromatic rings. The molecule has 3 heterocycles. The molecule has 0 radical (unpaired) electrons. The molecule has 12 atom stereocenters. The molecule has 2 aromatic carbocycles. The van der Waals surface area contributed by atoms with Crippen LogP contribution in [0, 0.1) is 29.6 Å². The third-order valence-electron chi connectivity index (χ3n) is 24.7. The molecule has 0 saturated carbocycles. The molecule has 0 aromatic heterocycles. The molecule has 3 aliphatic heterocycles.